The van der Waals surface area contributed by atoms with Crippen LogP contribution in [-0.4, -0.2) is 17.3 Å². The maximum atomic E-state index is 12.1. The molecule has 21 heavy (non-hydrogen) atoms. The van der Waals surface area contributed by atoms with E-state index in [1.807, 2.05) is 0 Å². The molecule has 7 heteroatoms. The first-order valence-corrected chi connectivity index (χ1v) is 7.42. The summed E-state index contributed by atoms with van der Waals surface area (Å²) >= 11 is 6.47. The standard InChI is InChI=1S/C14H9Br2NO4/c15-10-5-2-1-4-9(10)13(18)8-21-14-11(16)6-3-7-12(14)17(19)20/h1-7H,8H2. The van der Waals surface area contributed by atoms with Crippen molar-refractivity contribution in [3.05, 3.63) is 67.1 Å². The molecule has 5 nitrogen and oxygen atoms in total. The molecule has 0 spiro atoms. The maximum Gasteiger partial charge on any atom is 0.312 e. The van der Waals surface area contributed by atoms with Crippen molar-refractivity contribution in [2.24, 2.45) is 0 Å². The Labute approximate surface area is 137 Å². The number of carbonyl (C=O) groups is 1. The highest BCUT2D eigenvalue weighted by molar-refractivity contribution is 9.10. The summed E-state index contributed by atoms with van der Waals surface area (Å²) in [6.45, 7) is -0.286. The number of halogens is 2. The van der Waals surface area contributed by atoms with E-state index in [4.69, 9.17) is 4.74 Å². The van der Waals surface area contributed by atoms with E-state index in [1.165, 1.54) is 12.1 Å². The second-order valence-corrected chi connectivity index (χ2v) is 5.75. The molecule has 0 heterocycles. The summed E-state index contributed by atoms with van der Waals surface area (Å²) in [7, 11) is 0. The lowest BCUT2D eigenvalue weighted by Crippen LogP contribution is -2.13. The minimum atomic E-state index is -0.553. The molecular weight excluding hydrogens is 406 g/mol. The number of Topliss-reactive ketones (excluding diaryl/α,β-unsaturated/α-hetero) is 1. The van der Waals surface area contributed by atoms with Gasteiger partial charge in [-0.05, 0) is 28.1 Å². The molecule has 0 aliphatic heterocycles. The van der Waals surface area contributed by atoms with Crippen molar-refractivity contribution in [2.45, 2.75) is 0 Å². The zero-order chi connectivity index (χ0) is 15.4. The van der Waals surface area contributed by atoms with E-state index in [-0.39, 0.29) is 23.8 Å². The molecule has 0 saturated carbocycles. The van der Waals surface area contributed by atoms with Gasteiger partial charge in [0.25, 0.3) is 0 Å². The number of hydrogen-bond acceptors (Lipinski definition) is 4. The summed E-state index contributed by atoms with van der Waals surface area (Å²) < 4.78 is 6.42. The van der Waals surface area contributed by atoms with Crippen LogP contribution in [0.25, 0.3) is 0 Å². The summed E-state index contributed by atoms with van der Waals surface area (Å²) in [6.07, 6.45) is 0. The Hall–Kier alpha value is -1.73. The molecule has 2 rings (SSSR count). The molecule has 0 aromatic heterocycles. The van der Waals surface area contributed by atoms with Gasteiger partial charge >= 0.3 is 5.69 Å². The number of para-hydroxylation sites is 1. The van der Waals surface area contributed by atoms with Crippen LogP contribution >= 0.6 is 31.9 Å². The van der Waals surface area contributed by atoms with Gasteiger partial charge in [-0.1, -0.05) is 40.2 Å². The van der Waals surface area contributed by atoms with Gasteiger partial charge in [0.1, 0.15) is 0 Å². The van der Waals surface area contributed by atoms with Crippen LogP contribution in [0.3, 0.4) is 0 Å². The topological polar surface area (TPSA) is 69.4 Å². The van der Waals surface area contributed by atoms with Crippen LogP contribution in [0.5, 0.6) is 5.75 Å². The van der Waals surface area contributed by atoms with Gasteiger partial charge < -0.3 is 4.74 Å². The first-order chi connectivity index (χ1) is 10.0. The van der Waals surface area contributed by atoms with Crippen LogP contribution < -0.4 is 4.74 Å². The van der Waals surface area contributed by atoms with Crippen molar-refractivity contribution in [3.63, 3.8) is 0 Å². The van der Waals surface area contributed by atoms with Crippen molar-refractivity contribution in [1.29, 1.82) is 0 Å². The molecule has 2 aromatic rings. The summed E-state index contributed by atoms with van der Waals surface area (Å²) in [4.78, 5) is 22.5. The van der Waals surface area contributed by atoms with Crippen LogP contribution in [0.1, 0.15) is 10.4 Å². The molecule has 2 aromatic carbocycles. The number of nitro groups is 1. The zero-order valence-corrected chi connectivity index (χ0v) is 13.8. The lowest BCUT2D eigenvalue weighted by Gasteiger charge is -2.08. The Balaban J connectivity index is 2.19. The van der Waals surface area contributed by atoms with Crippen LogP contribution in [-0.2, 0) is 0 Å². The molecule has 0 unspecified atom stereocenters. The van der Waals surface area contributed by atoms with Crippen molar-refractivity contribution < 1.29 is 14.5 Å². The van der Waals surface area contributed by atoms with E-state index in [1.54, 1.807) is 30.3 Å². The van der Waals surface area contributed by atoms with E-state index < -0.39 is 4.92 Å². The Morgan fingerprint density at radius 2 is 1.76 bits per heavy atom. The van der Waals surface area contributed by atoms with Crippen LogP contribution in [0, 0.1) is 10.1 Å². The first-order valence-electron chi connectivity index (χ1n) is 5.84. The van der Waals surface area contributed by atoms with Gasteiger partial charge in [0.2, 0.25) is 11.5 Å². The summed E-state index contributed by atoms with van der Waals surface area (Å²) in [6, 6.07) is 11.4. The van der Waals surface area contributed by atoms with Crippen molar-refractivity contribution >= 4 is 43.3 Å². The third kappa shape index (κ3) is 3.68. The molecule has 0 saturated heterocycles. The average Bonchev–Trinajstić information content (AvgIpc) is 2.45. The molecule has 0 aliphatic rings. The normalized spacial score (nSPS) is 10.2. The van der Waals surface area contributed by atoms with Crippen LogP contribution in [0.15, 0.2) is 51.4 Å². The third-order valence-corrected chi connectivity index (χ3v) is 3.98. The molecule has 0 fully saturated rings. The molecule has 0 aliphatic carbocycles. The Morgan fingerprint density at radius 1 is 1.10 bits per heavy atom. The monoisotopic (exact) mass is 413 g/mol. The molecule has 0 atom stereocenters. The predicted octanol–water partition coefficient (Wildman–Crippen LogP) is 4.38. The average molecular weight is 415 g/mol. The van der Waals surface area contributed by atoms with E-state index >= 15 is 0 Å². The number of hydrogen-bond donors (Lipinski definition) is 0. The van der Waals surface area contributed by atoms with Crippen LogP contribution in [0.2, 0.25) is 0 Å². The molecule has 0 bridgehead atoms. The number of carbonyl (C=O) groups excluding carboxylic acids is 1. The van der Waals surface area contributed by atoms with E-state index in [2.05, 4.69) is 31.9 Å². The molecular formula is C14H9Br2NO4. The quantitative estimate of drug-likeness (QED) is 0.413. The summed E-state index contributed by atoms with van der Waals surface area (Å²) in [5.41, 5.74) is 0.275. The van der Waals surface area contributed by atoms with Gasteiger partial charge in [-0.25, -0.2) is 0 Å². The highest BCUT2D eigenvalue weighted by atomic mass is 79.9. The lowest BCUT2D eigenvalue weighted by molar-refractivity contribution is -0.385. The van der Waals surface area contributed by atoms with Gasteiger partial charge in [0, 0.05) is 16.1 Å². The van der Waals surface area contributed by atoms with Crippen molar-refractivity contribution in [3.8, 4) is 5.75 Å². The fraction of sp³-hybridized carbons (Fsp3) is 0.0714. The summed E-state index contributed by atoms with van der Waals surface area (Å²) in [5.74, 6) is -0.226. The Kier molecular flexibility index (Phi) is 5.08. The van der Waals surface area contributed by atoms with Crippen LogP contribution in [0.4, 0.5) is 5.69 Å². The van der Waals surface area contributed by atoms with Crippen molar-refractivity contribution in [1.82, 2.24) is 0 Å². The second-order valence-electron chi connectivity index (χ2n) is 4.04. The maximum absolute atomic E-state index is 12.1. The number of nitrogens with zero attached hydrogens (tertiary/aromatic N) is 1. The number of ether oxygens (including phenoxy) is 1. The minimum Gasteiger partial charge on any atom is -0.478 e. The second kappa shape index (κ2) is 6.82. The van der Waals surface area contributed by atoms with Gasteiger partial charge in [0.15, 0.2) is 6.61 Å². The Bertz CT molecular complexity index is 703. The Morgan fingerprint density at radius 3 is 2.43 bits per heavy atom. The lowest BCUT2D eigenvalue weighted by atomic mass is 10.1. The SMILES string of the molecule is O=C(COc1c(Br)cccc1[N+](=O)[O-])c1ccccc1Br. The number of nitro benzene ring substituents is 1. The number of benzene rings is 2. The highest BCUT2D eigenvalue weighted by Gasteiger charge is 2.19. The van der Waals surface area contributed by atoms with Gasteiger partial charge in [-0.2, -0.15) is 0 Å². The summed E-state index contributed by atoms with van der Waals surface area (Å²) in [5, 5.41) is 11.0. The van der Waals surface area contributed by atoms with E-state index in [0.717, 1.165) is 0 Å². The third-order valence-electron chi connectivity index (χ3n) is 2.66. The fourth-order valence-electron chi connectivity index (χ4n) is 1.69. The largest absolute Gasteiger partial charge is 0.478 e. The molecule has 0 radical (unpaired) electrons. The molecule has 0 N–H and O–H groups in total. The smallest absolute Gasteiger partial charge is 0.312 e. The zero-order valence-electron chi connectivity index (χ0n) is 10.6. The number of rotatable bonds is 5. The van der Waals surface area contributed by atoms with Gasteiger partial charge in [-0.15, -0.1) is 0 Å². The van der Waals surface area contributed by atoms with Gasteiger partial charge in [0.05, 0.1) is 9.40 Å². The molecule has 108 valence electrons. The van der Waals surface area contributed by atoms with E-state index in [0.29, 0.717) is 14.5 Å². The highest BCUT2D eigenvalue weighted by Crippen LogP contribution is 2.34. The first kappa shape index (κ1) is 15.7. The minimum absolute atomic E-state index is 0.0444. The molecule has 0 amide bonds. The predicted molar refractivity (Wildman–Crippen MR) is 84.8 cm³/mol. The number of ketones is 1. The van der Waals surface area contributed by atoms with E-state index in [9.17, 15) is 14.9 Å². The van der Waals surface area contributed by atoms with Gasteiger partial charge in [-0.3, -0.25) is 14.9 Å². The fourth-order valence-corrected chi connectivity index (χ4v) is 2.66. The van der Waals surface area contributed by atoms with Crippen molar-refractivity contribution in [2.75, 3.05) is 6.61 Å².